The van der Waals surface area contributed by atoms with E-state index in [-0.39, 0.29) is 18.0 Å². The quantitative estimate of drug-likeness (QED) is 0.435. The summed E-state index contributed by atoms with van der Waals surface area (Å²) < 4.78 is 11.4. The van der Waals surface area contributed by atoms with Gasteiger partial charge in [0.15, 0.2) is 0 Å². The van der Waals surface area contributed by atoms with E-state index in [1.54, 1.807) is 11.8 Å². The molecule has 0 spiro atoms. The summed E-state index contributed by atoms with van der Waals surface area (Å²) in [4.78, 5) is 34.0. The Morgan fingerprint density at radius 3 is 2.53 bits per heavy atom. The van der Waals surface area contributed by atoms with Crippen LogP contribution in [0, 0.1) is 0 Å². The van der Waals surface area contributed by atoms with Crippen molar-refractivity contribution in [2.24, 2.45) is 0 Å². The molecule has 38 heavy (non-hydrogen) atoms. The molecular formula is C29H35ClN4O4. The topological polar surface area (TPSA) is 78.1 Å². The van der Waals surface area contributed by atoms with Crippen molar-refractivity contribution in [2.75, 3.05) is 52.5 Å². The number of nitrogens with one attached hydrogen (secondary N) is 1. The highest BCUT2D eigenvalue weighted by Gasteiger charge is 2.35. The maximum absolute atomic E-state index is 12.9. The number of amides is 2. The molecule has 1 fully saturated rings. The molecule has 8 nitrogen and oxygen atoms in total. The van der Waals surface area contributed by atoms with Crippen LogP contribution in [0.5, 0.6) is 5.75 Å². The molecule has 1 atom stereocenters. The summed E-state index contributed by atoms with van der Waals surface area (Å²) in [7, 11) is 0. The number of hydrogen-bond acceptors (Lipinski definition) is 5. The van der Waals surface area contributed by atoms with Crippen LogP contribution in [0.4, 0.5) is 4.79 Å². The first-order valence-corrected chi connectivity index (χ1v) is 13.8. The Bertz CT molecular complexity index is 1280. The zero-order valence-corrected chi connectivity index (χ0v) is 22.8. The number of fused-ring (bicyclic) bond motifs is 3. The van der Waals surface area contributed by atoms with Crippen LogP contribution in [0.15, 0.2) is 42.5 Å². The van der Waals surface area contributed by atoms with Gasteiger partial charge in [-0.05, 0) is 61.2 Å². The lowest BCUT2D eigenvalue weighted by Crippen LogP contribution is -2.48. The Morgan fingerprint density at radius 1 is 1.05 bits per heavy atom. The number of benzene rings is 2. The van der Waals surface area contributed by atoms with E-state index >= 15 is 0 Å². The molecule has 9 heteroatoms. The molecule has 2 aliphatic rings. The first kappa shape index (κ1) is 26.4. The first-order chi connectivity index (χ1) is 18.4. The van der Waals surface area contributed by atoms with Crippen molar-refractivity contribution >= 4 is 34.5 Å². The smallest absolute Gasteiger partial charge is 0.410 e. The van der Waals surface area contributed by atoms with Gasteiger partial charge in [0, 0.05) is 67.8 Å². The minimum absolute atomic E-state index is 0.153. The average molecular weight is 539 g/mol. The third-order valence-corrected chi connectivity index (χ3v) is 7.73. The fourth-order valence-electron chi connectivity index (χ4n) is 5.52. The highest BCUT2D eigenvalue weighted by atomic mass is 35.5. The lowest BCUT2D eigenvalue weighted by molar-refractivity contribution is -0.130. The summed E-state index contributed by atoms with van der Waals surface area (Å²) in [5, 5.41) is 1.80. The molecule has 1 aromatic heterocycles. The van der Waals surface area contributed by atoms with Gasteiger partial charge in [-0.3, -0.25) is 14.6 Å². The van der Waals surface area contributed by atoms with Crippen molar-refractivity contribution in [3.8, 4) is 5.75 Å². The molecule has 2 aromatic carbocycles. The first-order valence-electron chi connectivity index (χ1n) is 13.4. The number of hydrogen-bond donors (Lipinski definition) is 1. The second-order valence-corrected chi connectivity index (χ2v) is 10.3. The summed E-state index contributed by atoms with van der Waals surface area (Å²) in [6.45, 7) is 9.34. The minimum atomic E-state index is -0.315. The van der Waals surface area contributed by atoms with Crippen LogP contribution in [0.1, 0.15) is 43.1 Å². The lowest BCUT2D eigenvalue weighted by atomic mass is 9.92. The molecule has 3 aromatic rings. The van der Waals surface area contributed by atoms with Gasteiger partial charge in [-0.1, -0.05) is 23.7 Å². The molecule has 1 saturated heterocycles. The second kappa shape index (κ2) is 11.7. The van der Waals surface area contributed by atoms with Gasteiger partial charge in [0.25, 0.3) is 0 Å². The highest BCUT2D eigenvalue weighted by Crippen LogP contribution is 2.39. The third-order valence-electron chi connectivity index (χ3n) is 7.49. The summed E-state index contributed by atoms with van der Waals surface area (Å²) >= 11 is 6.29. The predicted octanol–water partition coefficient (Wildman–Crippen LogP) is 4.86. The number of carbonyl (C=O) groups excluding carboxylic acids is 2. The van der Waals surface area contributed by atoms with E-state index in [2.05, 4.69) is 9.88 Å². The summed E-state index contributed by atoms with van der Waals surface area (Å²) in [5.74, 6) is 0.956. The van der Waals surface area contributed by atoms with Crippen LogP contribution in [-0.4, -0.2) is 84.2 Å². The second-order valence-electron chi connectivity index (χ2n) is 9.87. The number of nitrogens with zero attached hydrogens (tertiary/aromatic N) is 3. The maximum Gasteiger partial charge on any atom is 0.410 e. The van der Waals surface area contributed by atoms with E-state index in [0.717, 1.165) is 73.5 Å². The van der Waals surface area contributed by atoms with Gasteiger partial charge in [0.05, 0.1) is 13.2 Å². The number of ether oxygens (including phenoxy) is 2. The monoisotopic (exact) mass is 538 g/mol. The Kier molecular flexibility index (Phi) is 8.09. The number of aromatic amines is 1. The van der Waals surface area contributed by atoms with Gasteiger partial charge in [0.1, 0.15) is 11.8 Å². The van der Waals surface area contributed by atoms with Gasteiger partial charge in [0.2, 0.25) is 5.91 Å². The molecule has 0 radical (unpaired) electrons. The van der Waals surface area contributed by atoms with Crippen LogP contribution in [-0.2, 0) is 16.0 Å². The van der Waals surface area contributed by atoms with E-state index in [4.69, 9.17) is 21.1 Å². The van der Waals surface area contributed by atoms with Gasteiger partial charge in [-0.25, -0.2) is 4.79 Å². The molecule has 1 N–H and O–H groups in total. The zero-order valence-electron chi connectivity index (χ0n) is 22.0. The average Bonchev–Trinajstić information content (AvgIpc) is 3.29. The molecule has 1 unspecified atom stereocenters. The zero-order chi connectivity index (χ0) is 26.6. The number of carbonyl (C=O) groups is 2. The van der Waals surface area contributed by atoms with Crippen molar-refractivity contribution < 1.29 is 19.1 Å². The molecule has 202 valence electrons. The molecule has 0 bridgehead atoms. The summed E-state index contributed by atoms with van der Waals surface area (Å²) in [6, 6.07) is 13.6. The van der Waals surface area contributed by atoms with E-state index < -0.39 is 0 Å². The number of H-pyrrole nitrogens is 1. The Balaban J connectivity index is 1.26. The molecule has 5 rings (SSSR count). The predicted molar refractivity (Wildman–Crippen MR) is 148 cm³/mol. The summed E-state index contributed by atoms with van der Waals surface area (Å²) in [5.41, 5.74) is 4.20. The van der Waals surface area contributed by atoms with Crippen LogP contribution >= 0.6 is 11.6 Å². The summed E-state index contributed by atoms with van der Waals surface area (Å²) in [6.07, 6.45) is 1.34. The Morgan fingerprint density at radius 2 is 1.82 bits per heavy atom. The van der Waals surface area contributed by atoms with Crippen molar-refractivity contribution in [2.45, 2.75) is 32.7 Å². The van der Waals surface area contributed by atoms with E-state index in [9.17, 15) is 9.59 Å². The normalized spacial score (nSPS) is 17.9. The molecule has 0 aliphatic carbocycles. The van der Waals surface area contributed by atoms with Crippen molar-refractivity contribution in [3.05, 3.63) is 64.3 Å². The van der Waals surface area contributed by atoms with Crippen molar-refractivity contribution in [1.29, 1.82) is 0 Å². The third kappa shape index (κ3) is 5.61. The lowest BCUT2D eigenvalue weighted by Gasteiger charge is -2.35. The fraction of sp³-hybridized carbons (Fsp3) is 0.448. The standard InChI is InChI=1S/C29H35ClN4O4/c1-3-37-29(36)34-13-11-24-25-19-22(30)7-10-26(25)31-27(24)28(34)21-5-8-23(9-6-21)38-18-4-12-32-14-16-33(17-15-32)20(2)35/h5-10,19,28,31H,3-4,11-18H2,1-2H3. The van der Waals surface area contributed by atoms with Crippen LogP contribution < -0.4 is 4.74 Å². The SMILES string of the molecule is CCOC(=O)N1CCc2c([nH]c3ccc(Cl)cc23)C1c1ccc(OCCCN2CCN(C(C)=O)CC2)cc1. The Hall–Kier alpha value is -3.23. The minimum Gasteiger partial charge on any atom is -0.494 e. The fourth-order valence-corrected chi connectivity index (χ4v) is 5.69. The van der Waals surface area contributed by atoms with Gasteiger partial charge < -0.3 is 19.4 Å². The maximum atomic E-state index is 12.9. The van der Waals surface area contributed by atoms with E-state index in [0.29, 0.717) is 24.8 Å². The molecule has 2 aliphatic heterocycles. The van der Waals surface area contributed by atoms with Crippen LogP contribution in [0.3, 0.4) is 0 Å². The van der Waals surface area contributed by atoms with Crippen molar-refractivity contribution in [3.63, 3.8) is 0 Å². The van der Waals surface area contributed by atoms with E-state index in [1.807, 2.05) is 54.3 Å². The number of piperazine rings is 1. The highest BCUT2D eigenvalue weighted by molar-refractivity contribution is 6.31. The number of aromatic nitrogens is 1. The number of halogens is 1. The van der Waals surface area contributed by atoms with Gasteiger partial charge in [-0.2, -0.15) is 0 Å². The van der Waals surface area contributed by atoms with E-state index in [1.165, 1.54) is 5.56 Å². The largest absolute Gasteiger partial charge is 0.494 e. The molecular weight excluding hydrogens is 504 g/mol. The van der Waals surface area contributed by atoms with Crippen LogP contribution in [0.25, 0.3) is 10.9 Å². The molecule has 2 amide bonds. The molecule has 3 heterocycles. The molecule has 0 saturated carbocycles. The number of rotatable bonds is 7. The Labute approximate surface area is 228 Å². The van der Waals surface area contributed by atoms with Crippen LogP contribution in [0.2, 0.25) is 5.02 Å². The van der Waals surface area contributed by atoms with Gasteiger partial charge >= 0.3 is 6.09 Å². The van der Waals surface area contributed by atoms with Crippen molar-refractivity contribution in [1.82, 2.24) is 19.7 Å². The van der Waals surface area contributed by atoms with Gasteiger partial charge in [-0.15, -0.1) is 0 Å².